The van der Waals surface area contributed by atoms with Crippen LogP contribution < -0.4 is 0 Å². The molecule has 3 heterocycles. The van der Waals surface area contributed by atoms with Crippen LogP contribution in [0.4, 0.5) is 0 Å². The number of hydrogen-bond acceptors (Lipinski definition) is 4. The number of hydrogen-bond donors (Lipinski definition) is 1. The first-order valence-corrected chi connectivity index (χ1v) is 8.46. The minimum absolute atomic E-state index is 0.229. The fraction of sp³-hybridized carbons (Fsp3) is 0.556. The molecule has 0 aromatic carbocycles. The Balaban J connectivity index is 1.73. The van der Waals surface area contributed by atoms with Crippen LogP contribution in [0.1, 0.15) is 38.6 Å². The Hall–Kier alpha value is -2.24. The summed E-state index contributed by atoms with van der Waals surface area (Å²) in [5.41, 5.74) is 3.31. The maximum Gasteiger partial charge on any atom is 0.227 e. The molecule has 1 atom stereocenters. The molecule has 128 valence electrons. The molecule has 0 unspecified atom stereocenters. The second-order valence-corrected chi connectivity index (χ2v) is 7.65. The molecular weight excluding hydrogens is 302 g/mol. The van der Waals surface area contributed by atoms with Crippen LogP contribution in [0.15, 0.2) is 18.5 Å². The van der Waals surface area contributed by atoms with E-state index in [1.54, 1.807) is 12.4 Å². The van der Waals surface area contributed by atoms with Crippen LogP contribution in [0.2, 0.25) is 0 Å². The number of H-pyrrole nitrogens is 1. The summed E-state index contributed by atoms with van der Waals surface area (Å²) in [5.74, 6) is 0.652. The summed E-state index contributed by atoms with van der Waals surface area (Å²) in [5, 5.41) is 7.26. The molecule has 0 bridgehead atoms. The van der Waals surface area contributed by atoms with Crippen molar-refractivity contribution in [2.75, 3.05) is 13.1 Å². The van der Waals surface area contributed by atoms with Gasteiger partial charge in [-0.25, -0.2) is 0 Å². The summed E-state index contributed by atoms with van der Waals surface area (Å²) in [4.78, 5) is 23.4. The third-order valence-corrected chi connectivity index (χ3v) is 4.42. The molecule has 1 aliphatic heterocycles. The van der Waals surface area contributed by atoms with E-state index in [1.807, 2.05) is 38.7 Å². The SMILES string of the molecule is Cc1cc(-c2nccnc2C[C@@H]2CCN(C(=O)C(C)(C)C)C2)n[nH]1. The standard InChI is InChI=1S/C18H25N5O/c1-12-9-15(22-21-12)16-14(19-6-7-20-16)10-13-5-8-23(11-13)17(24)18(2,3)4/h6-7,9,13H,5,8,10-11H2,1-4H3,(H,21,22)/t13-/m0/s1. The second kappa shape index (κ2) is 6.34. The molecule has 6 nitrogen and oxygen atoms in total. The normalized spacial score (nSPS) is 18.2. The predicted molar refractivity (Wildman–Crippen MR) is 92.2 cm³/mol. The van der Waals surface area contributed by atoms with Gasteiger partial charge in [0.1, 0.15) is 11.4 Å². The van der Waals surface area contributed by atoms with Gasteiger partial charge in [-0.3, -0.25) is 19.9 Å². The van der Waals surface area contributed by atoms with Gasteiger partial charge in [0.05, 0.1) is 5.69 Å². The Labute approximate surface area is 142 Å². The Morgan fingerprint density at radius 2 is 2.08 bits per heavy atom. The van der Waals surface area contributed by atoms with E-state index in [4.69, 9.17) is 0 Å². The van der Waals surface area contributed by atoms with Crippen molar-refractivity contribution in [1.82, 2.24) is 25.1 Å². The molecule has 0 spiro atoms. The monoisotopic (exact) mass is 327 g/mol. The third kappa shape index (κ3) is 3.47. The largest absolute Gasteiger partial charge is 0.342 e. The Bertz CT molecular complexity index is 731. The number of aromatic nitrogens is 4. The quantitative estimate of drug-likeness (QED) is 0.940. The molecule has 1 fully saturated rings. The van der Waals surface area contributed by atoms with Crippen molar-refractivity contribution in [3.63, 3.8) is 0 Å². The van der Waals surface area contributed by atoms with E-state index in [0.29, 0.717) is 5.92 Å². The average Bonchev–Trinajstić information content (AvgIpc) is 3.15. The maximum atomic E-state index is 12.4. The van der Waals surface area contributed by atoms with Gasteiger partial charge in [0.2, 0.25) is 5.91 Å². The number of carbonyl (C=O) groups excluding carboxylic acids is 1. The summed E-state index contributed by atoms with van der Waals surface area (Å²) in [6, 6.07) is 1.98. The van der Waals surface area contributed by atoms with Crippen molar-refractivity contribution in [3.05, 3.63) is 29.8 Å². The minimum atomic E-state index is -0.320. The fourth-order valence-corrected chi connectivity index (χ4v) is 3.20. The molecule has 0 radical (unpaired) electrons. The van der Waals surface area contributed by atoms with E-state index < -0.39 is 0 Å². The zero-order chi connectivity index (χ0) is 17.3. The molecule has 24 heavy (non-hydrogen) atoms. The van der Waals surface area contributed by atoms with Crippen molar-refractivity contribution in [2.24, 2.45) is 11.3 Å². The molecule has 0 saturated carbocycles. The predicted octanol–water partition coefficient (Wildman–Crippen LogP) is 2.61. The van der Waals surface area contributed by atoms with E-state index in [9.17, 15) is 4.79 Å². The number of rotatable bonds is 3. The van der Waals surface area contributed by atoms with E-state index in [-0.39, 0.29) is 11.3 Å². The first-order chi connectivity index (χ1) is 11.3. The number of nitrogens with zero attached hydrogens (tertiary/aromatic N) is 4. The highest BCUT2D eigenvalue weighted by atomic mass is 16.2. The van der Waals surface area contributed by atoms with Gasteiger partial charge in [-0.15, -0.1) is 0 Å². The van der Waals surface area contributed by atoms with E-state index in [2.05, 4.69) is 20.2 Å². The molecule has 0 aliphatic carbocycles. The van der Waals surface area contributed by atoms with Gasteiger partial charge in [0.15, 0.2) is 0 Å². The van der Waals surface area contributed by atoms with Crippen molar-refractivity contribution in [3.8, 4) is 11.4 Å². The first kappa shape index (κ1) is 16.6. The van der Waals surface area contributed by atoms with E-state index in [1.165, 1.54) is 0 Å². The highest BCUT2D eigenvalue weighted by Gasteiger charge is 2.33. The molecule has 2 aromatic rings. The molecule has 2 aromatic heterocycles. The fourth-order valence-electron chi connectivity index (χ4n) is 3.20. The van der Waals surface area contributed by atoms with Gasteiger partial charge >= 0.3 is 0 Å². The molecule has 3 rings (SSSR count). The van der Waals surface area contributed by atoms with Crippen molar-refractivity contribution >= 4 is 5.91 Å². The van der Waals surface area contributed by atoms with E-state index in [0.717, 1.165) is 48.7 Å². The van der Waals surface area contributed by atoms with Crippen molar-refractivity contribution in [1.29, 1.82) is 0 Å². The number of aryl methyl sites for hydroxylation is 1. The van der Waals surface area contributed by atoms with Gasteiger partial charge < -0.3 is 4.90 Å². The summed E-state index contributed by atoms with van der Waals surface area (Å²) in [6.07, 6.45) is 5.26. The summed E-state index contributed by atoms with van der Waals surface area (Å²) < 4.78 is 0. The maximum absolute atomic E-state index is 12.4. The van der Waals surface area contributed by atoms with Crippen LogP contribution in [0, 0.1) is 18.3 Å². The second-order valence-electron chi connectivity index (χ2n) is 7.65. The number of aromatic amines is 1. The number of likely N-dealkylation sites (tertiary alicyclic amines) is 1. The van der Waals surface area contributed by atoms with Crippen LogP contribution in [-0.4, -0.2) is 44.1 Å². The van der Waals surface area contributed by atoms with Gasteiger partial charge in [-0.2, -0.15) is 5.10 Å². The third-order valence-electron chi connectivity index (χ3n) is 4.42. The number of nitrogens with one attached hydrogen (secondary N) is 1. The first-order valence-electron chi connectivity index (χ1n) is 8.46. The number of carbonyl (C=O) groups is 1. The summed E-state index contributed by atoms with van der Waals surface area (Å²) >= 11 is 0. The Kier molecular flexibility index (Phi) is 4.39. The van der Waals surface area contributed by atoms with Gasteiger partial charge in [-0.05, 0) is 31.7 Å². The lowest BCUT2D eigenvalue weighted by Gasteiger charge is -2.25. The van der Waals surface area contributed by atoms with Crippen molar-refractivity contribution in [2.45, 2.75) is 40.5 Å². The van der Waals surface area contributed by atoms with Crippen LogP contribution in [0.3, 0.4) is 0 Å². The summed E-state index contributed by atoms with van der Waals surface area (Å²) in [6.45, 7) is 9.53. The lowest BCUT2D eigenvalue weighted by molar-refractivity contribution is -0.138. The van der Waals surface area contributed by atoms with Gasteiger partial charge in [-0.1, -0.05) is 20.8 Å². The summed E-state index contributed by atoms with van der Waals surface area (Å²) in [7, 11) is 0. The minimum Gasteiger partial charge on any atom is -0.342 e. The lowest BCUT2D eigenvalue weighted by atomic mass is 9.95. The average molecular weight is 327 g/mol. The zero-order valence-electron chi connectivity index (χ0n) is 14.8. The molecule has 1 N–H and O–H groups in total. The lowest BCUT2D eigenvalue weighted by Crippen LogP contribution is -2.38. The molecular formula is C18H25N5O. The highest BCUT2D eigenvalue weighted by molar-refractivity contribution is 5.81. The van der Waals surface area contributed by atoms with Crippen LogP contribution in [0.25, 0.3) is 11.4 Å². The topological polar surface area (TPSA) is 74.8 Å². The van der Waals surface area contributed by atoms with Crippen LogP contribution in [0.5, 0.6) is 0 Å². The smallest absolute Gasteiger partial charge is 0.227 e. The molecule has 1 aliphatic rings. The molecule has 1 amide bonds. The number of amides is 1. The van der Waals surface area contributed by atoms with Crippen LogP contribution in [-0.2, 0) is 11.2 Å². The highest BCUT2D eigenvalue weighted by Crippen LogP contribution is 2.28. The Morgan fingerprint density at radius 3 is 2.75 bits per heavy atom. The Morgan fingerprint density at radius 1 is 1.33 bits per heavy atom. The van der Waals surface area contributed by atoms with Gasteiger partial charge in [0, 0.05) is 36.6 Å². The molecule has 6 heteroatoms. The van der Waals surface area contributed by atoms with Crippen molar-refractivity contribution < 1.29 is 4.79 Å². The molecule has 1 saturated heterocycles. The van der Waals surface area contributed by atoms with Gasteiger partial charge in [0.25, 0.3) is 0 Å². The van der Waals surface area contributed by atoms with E-state index >= 15 is 0 Å². The zero-order valence-corrected chi connectivity index (χ0v) is 14.8. The van der Waals surface area contributed by atoms with Crippen LogP contribution >= 0.6 is 0 Å².